The highest BCUT2D eigenvalue weighted by Gasteiger charge is 2.04. The molecule has 0 saturated heterocycles. The summed E-state index contributed by atoms with van der Waals surface area (Å²) < 4.78 is 13.2. The Morgan fingerprint density at radius 2 is 2.12 bits per heavy atom. The zero-order valence-corrected chi connectivity index (χ0v) is 9.50. The molecule has 2 nitrogen and oxygen atoms in total. The first-order chi connectivity index (χ1) is 7.69. The molecule has 0 atom stereocenters. The monoisotopic (exact) mass is 236 g/mol. The minimum atomic E-state index is -0.283. The van der Waals surface area contributed by atoms with Gasteiger partial charge in [0.15, 0.2) is 5.82 Å². The lowest BCUT2D eigenvalue weighted by atomic mass is 10.1. The number of hydrogen-bond donors (Lipinski definition) is 0. The summed E-state index contributed by atoms with van der Waals surface area (Å²) in [6.45, 7) is 1.83. The summed E-state index contributed by atoms with van der Waals surface area (Å²) in [7, 11) is 0. The van der Waals surface area contributed by atoms with E-state index in [1.807, 2.05) is 13.0 Å². The fourth-order valence-corrected chi connectivity index (χ4v) is 1.62. The molecule has 0 amide bonds. The summed E-state index contributed by atoms with van der Waals surface area (Å²) in [6, 6.07) is 6.47. The van der Waals surface area contributed by atoms with E-state index in [4.69, 9.17) is 11.6 Å². The van der Waals surface area contributed by atoms with Gasteiger partial charge in [0.2, 0.25) is 0 Å². The molecule has 2 rings (SSSR count). The van der Waals surface area contributed by atoms with Gasteiger partial charge in [0.05, 0.1) is 11.6 Å². The standard InChI is InChI=1S/C12H10ClFN2/c1-8-4-9(6-10(14)5-8)12-15-3-2-11(7-13)16-12/h2-6H,7H2,1H3. The molecular formula is C12H10ClFN2. The van der Waals surface area contributed by atoms with Crippen LogP contribution in [0.1, 0.15) is 11.3 Å². The van der Waals surface area contributed by atoms with Crippen LogP contribution >= 0.6 is 11.6 Å². The van der Waals surface area contributed by atoms with Crippen LogP contribution < -0.4 is 0 Å². The van der Waals surface area contributed by atoms with Gasteiger partial charge in [0.25, 0.3) is 0 Å². The number of aromatic nitrogens is 2. The van der Waals surface area contributed by atoms with Gasteiger partial charge >= 0.3 is 0 Å². The Hall–Kier alpha value is -1.48. The van der Waals surface area contributed by atoms with Crippen molar-refractivity contribution >= 4 is 11.6 Å². The maximum Gasteiger partial charge on any atom is 0.159 e. The highest BCUT2D eigenvalue weighted by Crippen LogP contribution is 2.18. The predicted octanol–water partition coefficient (Wildman–Crippen LogP) is 3.33. The van der Waals surface area contributed by atoms with Gasteiger partial charge in [-0.1, -0.05) is 0 Å². The molecule has 0 saturated carbocycles. The molecule has 2 aromatic rings. The van der Waals surface area contributed by atoms with Crippen molar-refractivity contribution in [3.05, 3.63) is 47.5 Å². The van der Waals surface area contributed by atoms with Crippen LogP contribution in [-0.4, -0.2) is 9.97 Å². The summed E-state index contributed by atoms with van der Waals surface area (Å²) in [5.41, 5.74) is 2.24. The Balaban J connectivity index is 2.49. The molecule has 1 aromatic carbocycles. The zero-order chi connectivity index (χ0) is 11.5. The molecule has 0 aliphatic rings. The number of nitrogens with zero attached hydrogens (tertiary/aromatic N) is 2. The van der Waals surface area contributed by atoms with Crippen molar-refractivity contribution in [1.29, 1.82) is 0 Å². The molecule has 0 N–H and O–H groups in total. The summed E-state index contributed by atoms with van der Waals surface area (Å²) in [5, 5.41) is 0. The normalized spacial score (nSPS) is 10.4. The van der Waals surface area contributed by atoms with Crippen LogP contribution in [0.4, 0.5) is 4.39 Å². The van der Waals surface area contributed by atoms with E-state index < -0.39 is 0 Å². The summed E-state index contributed by atoms with van der Waals surface area (Å²) in [5.74, 6) is 0.541. The van der Waals surface area contributed by atoms with Crippen molar-refractivity contribution in [2.24, 2.45) is 0 Å². The maximum atomic E-state index is 13.2. The molecule has 1 heterocycles. The second-order valence-electron chi connectivity index (χ2n) is 3.52. The van der Waals surface area contributed by atoms with E-state index in [1.54, 1.807) is 12.3 Å². The molecule has 0 spiro atoms. The van der Waals surface area contributed by atoms with Crippen molar-refractivity contribution < 1.29 is 4.39 Å². The average molecular weight is 237 g/mol. The molecule has 0 aliphatic carbocycles. The molecule has 16 heavy (non-hydrogen) atoms. The quantitative estimate of drug-likeness (QED) is 0.748. The van der Waals surface area contributed by atoms with Crippen LogP contribution in [0.2, 0.25) is 0 Å². The highest BCUT2D eigenvalue weighted by atomic mass is 35.5. The van der Waals surface area contributed by atoms with Crippen LogP contribution in [0, 0.1) is 12.7 Å². The molecular weight excluding hydrogens is 227 g/mol. The topological polar surface area (TPSA) is 25.8 Å². The number of rotatable bonds is 2. The van der Waals surface area contributed by atoms with Crippen LogP contribution in [-0.2, 0) is 5.88 Å². The van der Waals surface area contributed by atoms with Gasteiger partial charge in [-0.25, -0.2) is 14.4 Å². The van der Waals surface area contributed by atoms with E-state index >= 15 is 0 Å². The lowest BCUT2D eigenvalue weighted by Gasteiger charge is -2.03. The van der Waals surface area contributed by atoms with Crippen LogP contribution in [0.5, 0.6) is 0 Å². The lowest BCUT2D eigenvalue weighted by Crippen LogP contribution is -1.93. The van der Waals surface area contributed by atoms with Gasteiger partial charge in [0.1, 0.15) is 5.82 Å². The Bertz CT molecular complexity index is 494. The Morgan fingerprint density at radius 3 is 2.81 bits per heavy atom. The molecule has 0 radical (unpaired) electrons. The number of halogens is 2. The van der Waals surface area contributed by atoms with Gasteiger partial charge in [0, 0.05) is 11.8 Å². The van der Waals surface area contributed by atoms with Crippen molar-refractivity contribution in [3.63, 3.8) is 0 Å². The third-order valence-electron chi connectivity index (χ3n) is 2.15. The number of benzene rings is 1. The molecule has 0 bridgehead atoms. The first kappa shape index (κ1) is 11.0. The van der Waals surface area contributed by atoms with Gasteiger partial charge in [-0.05, 0) is 36.8 Å². The maximum absolute atomic E-state index is 13.2. The van der Waals surface area contributed by atoms with Crippen molar-refractivity contribution in [1.82, 2.24) is 9.97 Å². The second kappa shape index (κ2) is 4.58. The average Bonchev–Trinajstić information content (AvgIpc) is 2.28. The van der Waals surface area contributed by atoms with Crippen molar-refractivity contribution in [3.8, 4) is 11.4 Å². The molecule has 1 aromatic heterocycles. The van der Waals surface area contributed by atoms with Crippen LogP contribution in [0.15, 0.2) is 30.5 Å². The number of aryl methyl sites for hydroxylation is 1. The second-order valence-corrected chi connectivity index (χ2v) is 3.79. The molecule has 0 unspecified atom stereocenters. The van der Waals surface area contributed by atoms with E-state index in [-0.39, 0.29) is 5.82 Å². The zero-order valence-electron chi connectivity index (χ0n) is 8.74. The highest BCUT2D eigenvalue weighted by molar-refractivity contribution is 6.16. The lowest BCUT2D eigenvalue weighted by molar-refractivity contribution is 0.627. The summed E-state index contributed by atoms with van der Waals surface area (Å²) in [6.07, 6.45) is 1.63. The Labute approximate surface area is 98.1 Å². The first-order valence-corrected chi connectivity index (χ1v) is 5.38. The van der Waals surface area contributed by atoms with Crippen LogP contribution in [0.25, 0.3) is 11.4 Å². The van der Waals surface area contributed by atoms with Gasteiger partial charge in [-0.2, -0.15) is 0 Å². The molecule has 82 valence electrons. The van der Waals surface area contributed by atoms with Gasteiger partial charge in [-0.3, -0.25) is 0 Å². The summed E-state index contributed by atoms with van der Waals surface area (Å²) >= 11 is 5.68. The SMILES string of the molecule is Cc1cc(F)cc(-c2nccc(CCl)n2)c1. The number of hydrogen-bond acceptors (Lipinski definition) is 2. The largest absolute Gasteiger partial charge is 0.237 e. The van der Waals surface area contributed by atoms with Crippen molar-refractivity contribution in [2.45, 2.75) is 12.8 Å². The molecule has 0 aliphatic heterocycles. The fourth-order valence-electron chi connectivity index (χ4n) is 1.48. The van der Waals surface area contributed by atoms with Gasteiger partial charge < -0.3 is 0 Å². The molecule has 4 heteroatoms. The third kappa shape index (κ3) is 2.36. The summed E-state index contributed by atoms with van der Waals surface area (Å²) in [4.78, 5) is 8.34. The number of alkyl halides is 1. The van der Waals surface area contributed by atoms with E-state index in [2.05, 4.69) is 9.97 Å². The van der Waals surface area contributed by atoms with E-state index in [0.29, 0.717) is 17.3 Å². The van der Waals surface area contributed by atoms with E-state index in [9.17, 15) is 4.39 Å². The Morgan fingerprint density at radius 1 is 1.31 bits per heavy atom. The molecule has 0 fully saturated rings. The minimum absolute atomic E-state index is 0.283. The fraction of sp³-hybridized carbons (Fsp3) is 0.167. The predicted molar refractivity (Wildman–Crippen MR) is 61.7 cm³/mol. The minimum Gasteiger partial charge on any atom is -0.237 e. The van der Waals surface area contributed by atoms with Gasteiger partial charge in [-0.15, -0.1) is 11.6 Å². The Kier molecular flexibility index (Phi) is 3.15. The van der Waals surface area contributed by atoms with E-state index in [1.165, 1.54) is 12.1 Å². The smallest absolute Gasteiger partial charge is 0.159 e. The first-order valence-electron chi connectivity index (χ1n) is 4.84. The van der Waals surface area contributed by atoms with Crippen molar-refractivity contribution in [2.75, 3.05) is 0 Å². The third-order valence-corrected chi connectivity index (χ3v) is 2.42. The van der Waals surface area contributed by atoms with E-state index in [0.717, 1.165) is 11.3 Å². The van der Waals surface area contributed by atoms with Crippen LogP contribution in [0.3, 0.4) is 0 Å².